The van der Waals surface area contributed by atoms with Gasteiger partial charge in [0.25, 0.3) is 0 Å². The van der Waals surface area contributed by atoms with Gasteiger partial charge >= 0.3 is 0 Å². The third kappa shape index (κ3) is 4.22. The molecule has 2 heteroatoms. The lowest BCUT2D eigenvalue weighted by molar-refractivity contribution is 0.150. The first-order chi connectivity index (χ1) is 10.1. The van der Waals surface area contributed by atoms with Gasteiger partial charge in [-0.05, 0) is 93.8 Å². The zero-order valence-corrected chi connectivity index (χ0v) is 14.5. The summed E-state index contributed by atoms with van der Waals surface area (Å²) < 4.78 is 0. The molecule has 2 nitrogen and oxygen atoms in total. The summed E-state index contributed by atoms with van der Waals surface area (Å²) >= 11 is 0. The molecule has 0 bridgehead atoms. The Morgan fingerprint density at radius 1 is 1.00 bits per heavy atom. The number of hydrogen-bond donors (Lipinski definition) is 1. The van der Waals surface area contributed by atoms with Crippen molar-refractivity contribution < 1.29 is 0 Å². The molecule has 2 aliphatic heterocycles. The van der Waals surface area contributed by atoms with Crippen LogP contribution in [0.4, 0.5) is 0 Å². The number of nitrogens with zero attached hydrogens (tertiary/aromatic N) is 1. The lowest BCUT2D eigenvalue weighted by Crippen LogP contribution is -2.36. The average Bonchev–Trinajstić information content (AvgIpc) is 3.07. The van der Waals surface area contributed by atoms with Gasteiger partial charge in [0.2, 0.25) is 0 Å². The summed E-state index contributed by atoms with van der Waals surface area (Å²) in [5.41, 5.74) is 0. The molecule has 0 amide bonds. The van der Waals surface area contributed by atoms with E-state index in [0.29, 0.717) is 0 Å². The summed E-state index contributed by atoms with van der Waals surface area (Å²) in [7, 11) is 0. The fraction of sp³-hybridized carbons (Fsp3) is 1.00. The Morgan fingerprint density at radius 2 is 1.71 bits per heavy atom. The lowest BCUT2D eigenvalue weighted by atomic mass is 9.86. The molecule has 4 unspecified atom stereocenters. The first-order valence-corrected chi connectivity index (χ1v) is 9.56. The van der Waals surface area contributed by atoms with Crippen molar-refractivity contribution in [1.29, 1.82) is 0 Å². The van der Waals surface area contributed by atoms with Gasteiger partial charge < -0.3 is 10.2 Å². The maximum Gasteiger partial charge on any atom is 0.00124 e. The van der Waals surface area contributed by atoms with Crippen LogP contribution >= 0.6 is 0 Å². The molecule has 0 spiro atoms. The van der Waals surface area contributed by atoms with Crippen LogP contribution in [0.15, 0.2) is 0 Å². The first kappa shape index (κ1) is 15.8. The molecule has 0 aromatic rings. The zero-order valence-electron chi connectivity index (χ0n) is 14.5. The molecule has 21 heavy (non-hydrogen) atoms. The van der Waals surface area contributed by atoms with Crippen molar-refractivity contribution in [3.05, 3.63) is 0 Å². The normalized spacial score (nSPS) is 38.3. The third-order valence-corrected chi connectivity index (χ3v) is 6.72. The van der Waals surface area contributed by atoms with E-state index in [1.54, 1.807) is 0 Å². The van der Waals surface area contributed by atoms with Crippen LogP contribution in [0.3, 0.4) is 0 Å². The summed E-state index contributed by atoms with van der Waals surface area (Å²) in [6.45, 7) is 13.9. The second-order valence-corrected chi connectivity index (χ2v) is 8.61. The molecule has 4 atom stereocenters. The fourth-order valence-electron chi connectivity index (χ4n) is 4.70. The number of hydrogen-bond acceptors (Lipinski definition) is 2. The molecule has 0 radical (unpaired) electrons. The predicted molar refractivity (Wildman–Crippen MR) is 90.4 cm³/mol. The van der Waals surface area contributed by atoms with Gasteiger partial charge in [-0.3, -0.25) is 0 Å². The van der Waals surface area contributed by atoms with Crippen molar-refractivity contribution in [1.82, 2.24) is 10.2 Å². The summed E-state index contributed by atoms with van der Waals surface area (Å²) in [5.74, 6) is 5.88. The highest BCUT2D eigenvalue weighted by Gasteiger charge is 2.39. The Labute approximate surface area is 132 Å². The van der Waals surface area contributed by atoms with Gasteiger partial charge in [-0.2, -0.15) is 0 Å². The Bertz CT molecular complexity index is 320. The smallest absolute Gasteiger partial charge is 0.00124 e. The maximum absolute atomic E-state index is 3.55. The second kappa shape index (κ2) is 7.00. The van der Waals surface area contributed by atoms with E-state index < -0.39 is 0 Å². The molecule has 0 aromatic heterocycles. The molecule has 122 valence electrons. The summed E-state index contributed by atoms with van der Waals surface area (Å²) in [4.78, 5) is 2.77. The van der Waals surface area contributed by atoms with Crippen LogP contribution < -0.4 is 5.32 Å². The van der Waals surface area contributed by atoms with Crippen LogP contribution in [-0.4, -0.2) is 37.6 Å². The Morgan fingerprint density at radius 3 is 2.33 bits per heavy atom. The van der Waals surface area contributed by atoms with E-state index >= 15 is 0 Å². The maximum atomic E-state index is 3.55. The average molecular weight is 293 g/mol. The van der Waals surface area contributed by atoms with E-state index in [-0.39, 0.29) is 0 Å². The molecule has 2 saturated heterocycles. The number of rotatable bonds is 6. The van der Waals surface area contributed by atoms with E-state index in [0.717, 1.165) is 35.5 Å². The van der Waals surface area contributed by atoms with Crippen molar-refractivity contribution in [2.24, 2.45) is 35.5 Å². The highest BCUT2D eigenvalue weighted by atomic mass is 15.1. The Hall–Kier alpha value is -0.0800. The lowest BCUT2D eigenvalue weighted by Gasteiger charge is -2.34. The zero-order chi connectivity index (χ0) is 14.8. The number of nitrogens with one attached hydrogen (secondary N) is 1. The predicted octanol–water partition coefficient (Wildman–Crippen LogP) is 3.63. The molecule has 3 aliphatic rings. The van der Waals surface area contributed by atoms with Crippen LogP contribution in [0.1, 0.15) is 52.9 Å². The SMILES string of the molecule is CC(C)C1CCN(CC2CC2CCC2CNCC2C)CC1. The van der Waals surface area contributed by atoms with Crippen LogP contribution in [0.25, 0.3) is 0 Å². The molecule has 1 saturated carbocycles. The van der Waals surface area contributed by atoms with Crippen LogP contribution in [-0.2, 0) is 0 Å². The summed E-state index contributed by atoms with van der Waals surface area (Å²) in [6.07, 6.45) is 7.40. The van der Waals surface area contributed by atoms with Gasteiger partial charge in [0, 0.05) is 6.54 Å². The minimum atomic E-state index is 0.892. The van der Waals surface area contributed by atoms with Gasteiger partial charge in [-0.1, -0.05) is 20.8 Å². The standard InChI is InChI=1S/C19H36N2/c1-14(2)16-6-8-21(9-7-16)13-19-10-17(19)4-5-18-12-20-11-15(18)3/h14-20H,4-13H2,1-3H3. The van der Waals surface area contributed by atoms with Crippen LogP contribution in [0, 0.1) is 35.5 Å². The van der Waals surface area contributed by atoms with Crippen molar-refractivity contribution in [2.45, 2.75) is 52.9 Å². The number of likely N-dealkylation sites (tertiary alicyclic amines) is 1. The molecule has 1 aliphatic carbocycles. The van der Waals surface area contributed by atoms with Crippen molar-refractivity contribution in [3.63, 3.8) is 0 Å². The third-order valence-electron chi connectivity index (χ3n) is 6.72. The second-order valence-electron chi connectivity index (χ2n) is 8.61. The van der Waals surface area contributed by atoms with Crippen molar-refractivity contribution in [2.75, 3.05) is 32.7 Å². The quantitative estimate of drug-likeness (QED) is 0.804. The minimum absolute atomic E-state index is 0.892. The van der Waals surface area contributed by atoms with Gasteiger partial charge in [0.05, 0.1) is 0 Å². The molecular weight excluding hydrogens is 256 g/mol. The molecule has 0 aromatic carbocycles. The highest BCUT2D eigenvalue weighted by Crippen LogP contribution is 2.44. The van der Waals surface area contributed by atoms with Gasteiger partial charge in [-0.25, -0.2) is 0 Å². The van der Waals surface area contributed by atoms with E-state index in [9.17, 15) is 0 Å². The monoisotopic (exact) mass is 292 g/mol. The topological polar surface area (TPSA) is 15.3 Å². The van der Waals surface area contributed by atoms with Gasteiger partial charge in [0.1, 0.15) is 0 Å². The van der Waals surface area contributed by atoms with Gasteiger partial charge in [0.15, 0.2) is 0 Å². The highest BCUT2D eigenvalue weighted by molar-refractivity contribution is 4.91. The molecule has 1 N–H and O–H groups in total. The van der Waals surface area contributed by atoms with E-state index in [1.165, 1.54) is 64.8 Å². The van der Waals surface area contributed by atoms with Gasteiger partial charge in [-0.15, -0.1) is 0 Å². The van der Waals surface area contributed by atoms with Crippen LogP contribution in [0.5, 0.6) is 0 Å². The summed E-state index contributed by atoms with van der Waals surface area (Å²) in [5, 5.41) is 3.55. The van der Waals surface area contributed by atoms with E-state index in [1.807, 2.05) is 0 Å². The summed E-state index contributed by atoms with van der Waals surface area (Å²) in [6, 6.07) is 0. The minimum Gasteiger partial charge on any atom is -0.316 e. The fourth-order valence-corrected chi connectivity index (χ4v) is 4.70. The van der Waals surface area contributed by atoms with Crippen molar-refractivity contribution >= 4 is 0 Å². The Kier molecular flexibility index (Phi) is 5.27. The molecule has 3 rings (SSSR count). The largest absolute Gasteiger partial charge is 0.316 e. The van der Waals surface area contributed by atoms with E-state index in [2.05, 4.69) is 31.0 Å². The molecule has 3 fully saturated rings. The molecular formula is C19H36N2. The van der Waals surface area contributed by atoms with E-state index in [4.69, 9.17) is 0 Å². The van der Waals surface area contributed by atoms with Crippen molar-refractivity contribution in [3.8, 4) is 0 Å². The first-order valence-electron chi connectivity index (χ1n) is 9.56. The van der Waals surface area contributed by atoms with Crippen LogP contribution in [0.2, 0.25) is 0 Å². The number of piperidine rings is 1. The molecule has 2 heterocycles. The Balaban J connectivity index is 1.30.